The number of nitrogens with zero attached hydrogens (tertiary/aromatic N) is 1. The fourth-order valence-electron chi connectivity index (χ4n) is 3.67. The summed E-state index contributed by atoms with van der Waals surface area (Å²) in [6.07, 6.45) is 7.64. The van der Waals surface area contributed by atoms with Crippen LogP contribution in [0.15, 0.2) is 41.6 Å². The molecule has 0 saturated heterocycles. The zero-order valence-corrected chi connectivity index (χ0v) is 15.8. The summed E-state index contributed by atoms with van der Waals surface area (Å²) in [6, 6.07) is 8.57. The van der Waals surface area contributed by atoms with Crippen molar-refractivity contribution < 1.29 is 19.0 Å². The van der Waals surface area contributed by atoms with Crippen LogP contribution in [0.3, 0.4) is 0 Å². The first kappa shape index (κ1) is 18.3. The number of carboxylic acid groups (broad SMARTS) is 1. The molecule has 2 aliphatic carbocycles. The molecule has 2 fully saturated rings. The van der Waals surface area contributed by atoms with Crippen molar-refractivity contribution >= 4 is 17.7 Å². The highest BCUT2D eigenvalue weighted by Gasteiger charge is 2.53. The SMILES string of the molecule is O=C(O)C1(c2cccc(OCc3cccnc3SC3CCCC3)c2F)CC1. The van der Waals surface area contributed by atoms with Gasteiger partial charge in [-0.05, 0) is 37.8 Å². The lowest BCUT2D eigenvalue weighted by molar-refractivity contribution is -0.140. The van der Waals surface area contributed by atoms with Crippen molar-refractivity contribution in [2.24, 2.45) is 0 Å². The van der Waals surface area contributed by atoms with Gasteiger partial charge in [-0.3, -0.25) is 4.79 Å². The molecule has 0 spiro atoms. The predicted molar refractivity (Wildman–Crippen MR) is 102 cm³/mol. The van der Waals surface area contributed by atoms with Crippen LogP contribution in [0.4, 0.5) is 4.39 Å². The van der Waals surface area contributed by atoms with Gasteiger partial charge in [-0.2, -0.15) is 0 Å². The minimum absolute atomic E-state index is 0.0979. The Labute approximate surface area is 162 Å². The van der Waals surface area contributed by atoms with Crippen LogP contribution in [0.25, 0.3) is 0 Å². The Hall–Kier alpha value is -2.08. The molecule has 2 saturated carbocycles. The topological polar surface area (TPSA) is 59.4 Å². The van der Waals surface area contributed by atoms with Crippen molar-refractivity contribution in [1.82, 2.24) is 4.98 Å². The summed E-state index contributed by atoms with van der Waals surface area (Å²) in [5.41, 5.74) is 0.0687. The van der Waals surface area contributed by atoms with Crippen molar-refractivity contribution in [2.45, 2.75) is 60.8 Å². The van der Waals surface area contributed by atoms with Crippen molar-refractivity contribution in [2.75, 3.05) is 0 Å². The molecule has 0 radical (unpaired) electrons. The van der Waals surface area contributed by atoms with E-state index in [0.717, 1.165) is 10.6 Å². The van der Waals surface area contributed by atoms with Gasteiger partial charge >= 0.3 is 5.97 Å². The molecule has 2 aromatic rings. The number of thioether (sulfide) groups is 1. The Kier molecular flexibility index (Phi) is 5.08. The van der Waals surface area contributed by atoms with Crippen molar-refractivity contribution in [3.05, 3.63) is 53.5 Å². The number of hydrogen-bond donors (Lipinski definition) is 1. The van der Waals surface area contributed by atoms with Gasteiger partial charge in [-0.1, -0.05) is 31.0 Å². The number of pyridine rings is 1. The van der Waals surface area contributed by atoms with E-state index >= 15 is 0 Å². The van der Waals surface area contributed by atoms with E-state index in [1.54, 1.807) is 36.2 Å². The molecule has 1 aromatic heterocycles. The number of halogens is 1. The van der Waals surface area contributed by atoms with Crippen molar-refractivity contribution in [3.63, 3.8) is 0 Å². The number of carboxylic acids is 1. The summed E-state index contributed by atoms with van der Waals surface area (Å²) in [5, 5.41) is 11.0. The molecular weight excluding hydrogens is 365 g/mol. The molecule has 2 aliphatic rings. The molecule has 0 bridgehead atoms. The Morgan fingerprint density at radius 1 is 1.26 bits per heavy atom. The molecule has 4 rings (SSSR count). The minimum Gasteiger partial charge on any atom is -0.486 e. The van der Waals surface area contributed by atoms with Gasteiger partial charge in [-0.15, -0.1) is 11.8 Å². The number of benzene rings is 1. The van der Waals surface area contributed by atoms with E-state index in [2.05, 4.69) is 4.98 Å². The summed E-state index contributed by atoms with van der Waals surface area (Å²) in [7, 11) is 0. The van der Waals surface area contributed by atoms with Gasteiger partial charge in [0.1, 0.15) is 11.6 Å². The third kappa shape index (κ3) is 3.68. The van der Waals surface area contributed by atoms with Gasteiger partial charge < -0.3 is 9.84 Å². The highest BCUT2D eigenvalue weighted by Crippen LogP contribution is 2.50. The standard InChI is InChI=1S/C21H22FNO3S/c22-18-16(21(10-11-21)20(24)25)8-3-9-17(18)26-13-14-5-4-12-23-19(14)27-15-6-1-2-7-15/h3-5,8-9,12,15H,1-2,6-7,10-11,13H2,(H,24,25). The molecule has 4 nitrogen and oxygen atoms in total. The summed E-state index contributed by atoms with van der Waals surface area (Å²) < 4.78 is 20.6. The number of rotatable bonds is 7. The van der Waals surface area contributed by atoms with Gasteiger partial charge in [-0.25, -0.2) is 9.37 Å². The first-order valence-corrected chi connectivity index (χ1v) is 10.2. The number of aliphatic carboxylic acids is 1. The fraction of sp³-hybridized carbons (Fsp3) is 0.429. The molecular formula is C21H22FNO3S. The Balaban J connectivity index is 1.51. The second-order valence-electron chi connectivity index (χ2n) is 7.29. The maximum absolute atomic E-state index is 14.9. The van der Waals surface area contributed by atoms with Crippen LogP contribution in [-0.4, -0.2) is 21.3 Å². The monoisotopic (exact) mass is 387 g/mol. The van der Waals surface area contributed by atoms with E-state index in [4.69, 9.17) is 4.74 Å². The number of hydrogen-bond acceptors (Lipinski definition) is 4. The van der Waals surface area contributed by atoms with Crippen LogP contribution >= 0.6 is 11.8 Å². The zero-order valence-electron chi connectivity index (χ0n) is 15.0. The van der Waals surface area contributed by atoms with Gasteiger partial charge in [0.25, 0.3) is 0 Å². The third-order valence-corrected chi connectivity index (χ3v) is 6.85. The molecule has 1 N–H and O–H groups in total. The lowest BCUT2D eigenvalue weighted by Crippen LogP contribution is -2.21. The molecule has 0 amide bonds. The third-order valence-electron chi connectivity index (χ3n) is 5.45. The van der Waals surface area contributed by atoms with E-state index < -0.39 is 17.2 Å². The normalized spacial score (nSPS) is 18.4. The van der Waals surface area contributed by atoms with Crippen molar-refractivity contribution in [3.8, 4) is 5.75 Å². The Morgan fingerprint density at radius 2 is 2.04 bits per heavy atom. The summed E-state index contributed by atoms with van der Waals surface area (Å²) in [6.45, 7) is 0.212. The number of ether oxygens (including phenoxy) is 1. The second-order valence-corrected chi connectivity index (χ2v) is 8.57. The quantitative estimate of drug-likeness (QED) is 0.728. The molecule has 1 heterocycles. The molecule has 142 valence electrons. The van der Waals surface area contributed by atoms with E-state index in [1.807, 2.05) is 12.1 Å². The van der Waals surface area contributed by atoms with Crippen molar-refractivity contribution in [1.29, 1.82) is 0 Å². The average Bonchev–Trinajstić information content (AvgIpc) is 3.32. The van der Waals surface area contributed by atoms with Gasteiger partial charge in [0.2, 0.25) is 0 Å². The number of carbonyl (C=O) groups is 1. The van der Waals surface area contributed by atoms with E-state index in [1.165, 1.54) is 25.7 Å². The average molecular weight is 387 g/mol. The van der Waals surface area contributed by atoms with Gasteiger partial charge in [0.05, 0.1) is 5.41 Å². The molecule has 6 heteroatoms. The van der Waals surface area contributed by atoms with Crippen LogP contribution in [-0.2, 0) is 16.8 Å². The van der Waals surface area contributed by atoms with E-state index in [0.29, 0.717) is 18.1 Å². The van der Waals surface area contributed by atoms with Crippen LogP contribution in [0.1, 0.15) is 49.7 Å². The smallest absolute Gasteiger partial charge is 0.314 e. The summed E-state index contributed by atoms with van der Waals surface area (Å²) in [4.78, 5) is 16.0. The lowest BCUT2D eigenvalue weighted by Gasteiger charge is -2.16. The summed E-state index contributed by atoms with van der Waals surface area (Å²) >= 11 is 1.78. The minimum atomic E-state index is -1.08. The van der Waals surface area contributed by atoms with Gasteiger partial charge in [0, 0.05) is 22.6 Å². The molecule has 27 heavy (non-hydrogen) atoms. The maximum atomic E-state index is 14.9. The predicted octanol–water partition coefficient (Wildman–Crippen LogP) is 4.95. The molecule has 0 unspecified atom stereocenters. The molecule has 0 atom stereocenters. The van der Waals surface area contributed by atoms with Crippen LogP contribution in [0, 0.1) is 5.82 Å². The zero-order chi connectivity index (χ0) is 18.9. The maximum Gasteiger partial charge on any atom is 0.314 e. The van der Waals surface area contributed by atoms with Crippen LogP contribution in [0.5, 0.6) is 5.75 Å². The van der Waals surface area contributed by atoms with Crippen LogP contribution < -0.4 is 4.74 Å². The molecule has 1 aromatic carbocycles. The molecule has 0 aliphatic heterocycles. The Bertz CT molecular complexity index is 847. The van der Waals surface area contributed by atoms with E-state index in [9.17, 15) is 14.3 Å². The summed E-state index contributed by atoms with van der Waals surface area (Å²) in [5.74, 6) is -1.44. The van der Waals surface area contributed by atoms with E-state index in [-0.39, 0.29) is 17.9 Å². The lowest BCUT2D eigenvalue weighted by atomic mass is 9.95. The van der Waals surface area contributed by atoms with Crippen LogP contribution in [0.2, 0.25) is 0 Å². The second kappa shape index (κ2) is 7.50. The first-order chi connectivity index (χ1) is 13.1. The highest BCUT2D eigenvalue weighted by molar-refractivity contribution is 7.99. The van der Waals surface area contributed by atoms with Gasteiger partial charge in [0.15, 0.2) is 11.6 Å². The first-order valence-electron chi connectivity index (χ1n) is 9.36. The number of aromatic nitrogens is 1. The fourth-order valence-corrected chi connectivity index (χ4v) is 4.96. The largest absolute Gasteiger partial charge is 0.486 e. The Morgan fingerprint density at radius 3 is 2.74 bits per heavy atom. The highest BCUT2D eigenvalue weighted by atomic mass is 32.2.